The van der Waals surface area contributed by atoms with Crippen LogP contribution in [0.15, 0.2) is 72.3 Å². The molecule has 33 heavy (non-hydrogen) atoms. The maximum Gasteiger partial charge on any atom is 0.300 e. The zero-order valence-corrected chi connectivity index (χ0v) is 16.5. The van der Waals surface area contributed by atoms with Crippen molar-refractivity contribution in [2.75, 3.05) is 4.90 Å². The lowest BCUT2D eigenvalue weighted by Crippen LogP contribution is -2.30. The summed E-state index contributed by atoms with van der Waals surface area (Å²) in [5.74, 6) is -5.78. The third kappa shape index (κ3) is 3.82. The number of anilines is 1. The molecule has 1 N–H and O–H groups in total. The number of rotatable bonds is 4. The molecule has 0 aromatic heterocycles. The lowest BCUT2D eigenvalue weighted by atomic mass is 9.95. The predicted molar refractivity (Wildman–Crippen MR) is 111 cm³/mol. The normalized spacial score (nSPS) is 17.4. The number of non-ortho nitro benzene ring substituents is 1. The second-order valence-electron chi connectivity index (χ2n) is 7.12. The van der Waals surface area contributed by atoms with Gasteiger partial charge in [-0.15, -0.1) is 0 Å². The fourth-order valence-corrected chi connectivity index (χ4v) is 3.63. The number of nitro groups is 1. The Hall–Kier alpha value is -4.47. The topological polar surface area (TPSA) is 101 Å². The van der Waals surface area contributed by atoms with Gasteiger partial charge in [0.2, 0.25) is 0 Å². The highest BCUT2D eigenvalue weighted by Gasteiger charge is 2.48. The average Bonchev–Trinajstić information content (AvgIpc) is 3.06. The molecule has 0 saturated carbocycles. The molecule has 1 heterocycles. The van der Waals surface area contributed by atoms with Crippen LogP contribution in [0.1, 0.15) is 17.2 Å². The second-order valence-corrected chi connectivity index (χ2v) is 7.12. The van der Waals surface area contributed by atoms with E-state index in [-0.39, 0.29) is 16.8 Å². The summed E-state index contributed by atoms with van der Waals surface area (Å²) < 4.78 is 42.0. The maximum atomic E-state index is 14.6. The number of nitro benzene ring substituents is 1. The quantitative estimate of drug-likeness (QED) is 0.204. The van der Waals surface area contributed by atoms with E-state index >= 15 is 0 Å². The fraction of sp³-hybridized carbons (Fsp3) is 0.0435. The Balaban J connectivity index is 1.98. The van der Waals surface area contributed by atoms with Gasteiger partial charge in [-0.1, -0.05) is 24.3 Å². The van der Waals surface area contributed by atoms with Crippen molar-refractivity contribution in [3.63, 3.8) is 0 Å². The number of aliphatic hydroxyl groups is 1. The first-order valence-corrected chi connectivity index (χ1v) is 9.45. The summed E-state index contributed by atoms with van der Waals surface area (Å²) in [6.45, 7) is 0. The second kappa shape index (κ2) is 8.23. The molecule has 1 fully saturated rings. The number of ketones is 1. The first-order valence-electron chi connectivity index (χ1n) is 9.45. The summed E-state index contributed by atoms with van der Waals surface area (Å²) in [4.78, 5) is 36.9. The highest BCUT2D eigenvalue weighted by Crippen LogP contribution is 2.43. The first kappa shape index (κ1) is 21.8. The van der Waals surface area contributed by atoms with E-state index < -0.39 is 57.1 Å². The third-order valence-corrected chi connectivity index (χ3v) is 5.13. The van der Waals surface area contributed by atoms with Crippen LogP contribution < -0.4 is 4.90 Å². The minimum atomic E-state index is -1.46. The van der Waals surface area contributed by atoms with Crippen LogP contribution in [-0.4, -0.2) is 21.7 Å². The van der Waals surface area contributed by atoms with Crippen LogP contribution in [0.2, 0.25) is 0 Å². The monoisotopic (exact) mass is 454 g/mol. The van der Waals surface area contributed by atoms with Crippen molar-refractivity contribution in [1.29, 1.82) is 0 Å². The number of hydrogen-bond acceptors (Lipinski definition) is 5. The molecule has 0 radical (unpaired) electrons. The minimum Gasteiger partial charge on any atom is -0.507 e. The van der Waals surface area contributed by atoms with E-state index in [9.17, 15) is 38.0 Å². The molecular formula is C23H13F3N2O5. The largest absolute Gasteiger partial charge is 0.507 e. The molecular weight excluding hydrogens is 441 g/mol. The van der Waals surface area contributed by atoms with Crippen molar-refractivity contribution in [2.24, 2.45) is 0 Å². The molecule has 0 aliphatic carbocycles. The Morgan fingerprint density at radius 2 is 1.61 bits per heavy atom. The smallest absolute Gasteiger partial charge is 0.300 e. The van der Waals surface area contributed by atoms with E-state index in [0.717, 1.165) is 36.4 Å². The Kier molecular flexibility index (Phi) is 5.42. The van der Waals surface area contributed by atoms with Gasteiger partial charge in [0.15, 0.2) is 0 Å². The highest BCUT2D eigenvalue weighted by molar-refractivity contribution is 6.51. The maximum absolute atomic E-state index is 14.6. The SMILES string of the molecule is O=C1C(=O)N(c2cc(F)ccc2F)C(c2ccc(F)cc2)/C1=C(/O)c1cccc([N+](=O)[O-])c1. The van der Waals surface area contributed by atoms with Gasteiger partial charge in [-0.25, -0.2) is 13.2 Å². The molecule has 7 nitrogen and oxygen atoms in total. The van der Waals surface area contributed by atoms with Gasteiger partial charge in [-0.2, -0.15) is 0 Å². The summed E-state index contributed by atoms with van der Waals surface area (Å²) in [5.41, 5.74) is -1.50. The van der Waals surface area contributed by atoms with Crippen LogP contribution in [0.4, 0.5) is 24.5 Å². The number of carbonyl (C=O) groups excluding carboxylic acids is 2. The molecule has 4 rings (SSSR count). The van der Waals surface area contributed by atoms with Crippen molar-refractivity contribution in [3.8, 4) is 0 Å². The number of carbonyl (C=O) groups is 2. The van der Waals surface area contributed by atoms with Crippen LogP contribution in [0.3, 0.4) is 0 Å². The van der Waals surface area contributed by atoms with Crippen LogP contribution in [0, 0.1) is 27.6 Å². The lowest BCUT2D eigenvalue weighted by Gasteiger charge is -2.25. The van der Waals surface area contributed by atoms with Gasteiger partial charge >= 0.3 is 0 Å². The van der Waals surface area contributed by atoms with E-state index in [1.807, 2.05) is 0 Å². The fourth-order valence-electron chi connectivity index (χ4n) is 3.63. The zero-order valence-electron chi connectivity index (χ0n) is 16.5. The highest BCUT2D eigenvalue weighted by atomic mass is 19.1. The Morgan fingerprint density at radius 3 is 2.27 bits per heavy atom. The number of halogens is 3. The van der Waals surface area contributed by atoms with E-state index in [4.69, 9.17) is 0 Å². The summed E-state index contributed by atoms with van der Waals surface area (Å²) in [5, 5.41) is 22.0. The van der Waals surface area contributed by atoms with Crippen LogP contribution in [0.5, 0.6) is 0 Å². The van der Waals surface area contributed by atoms with Gasteiger partial charge in [0.1, 0.15) is 23.2 Å². The zero-order chi connectivity index (χ0) is 23.9. The number of aliphatic hydroxyl groups excluding tert-OH is 1. The molecule has 0 spiro atoms. The lowest BCUT2D eigenvalue weighted by molar-refractivity contribution is -0.384. The van der Waals surface area contributed by atoms with Gasteiger partial charge in [-0.05, 0) is 29.8 Å². The number of Topliss-reactive ketones (excluding diaryl/α,β-unsaturated/α-hetero) is 1. The molecule has 1 saturated heterocycles. The molecule has 0 bridgehead atoms. The molecule has 1 aliphatic rings. The number of amides is 1. The van der Waals surface area contributed by atoms with Crippen LogP contribution in [0.25, 0.3) is 5.76 Å². The third-order valence-electron chi connectivity index (χ3n) is 5.13. The van der Waals surface area contributed by atoms with Gasteiger partial charge in [0, 0.05) is 23.8 Å². The van der Waals surface area contributed by atoms with E-state index in [1.165, 1.54) is 24.3 Å². The molecule has 166 valence electrons. The molecule has 10 heteroatoms. The number of hydrogen-bond donors (Lipinski definition) is 1. The van der Waals surface area contributed by atoms with E-state index in [2.05, 4.69) is 0 Å². The molecule has 1 amide bonds. The van der Waals surface area contributed by atoms with Crippen molar-refractivity contribution in [1.82, 2.24) is 0 Å². The molecule has 1 aliphatic heterocycles. The van der Waals surface area contributed by atoms with Crippen LogP contribution in [-0.2, 0) is 9.59 Å². The summed E-state index contributed by atoms with van der Waals surface area (Å²) in [6, 6.07) is 10.1. The van der Waals surface area contributed by atoms with Crippen molar-refractivity contribution < 1.29 is 32.8 Å². The molecule has 3 aromatic rings. The van der Waals surface area contributed by atoms with Gasteiger partial charge in [0.25, 0.3) is 17.4 Å². The first-order chi connectivity index (χ1) is 15.7. The van der Waals surface area contributed by atoms with Crippen LogP contribution >= 0.6 is 0 Å². The van der Waals surface area contributed by atoms with Crippen molar-refractivity contribution in [2.45, 2.75) is 6.04 Å². The standard InChI is InChI=1S/C23H13F3N2O5/c24-14-6-4-12(5-7-14)20-19(21(29)13-2-1-3-16(10-13)28(32)33)22(30)23(31)27(20)18-11-15(25)8-9-17(18)26/h1-11,20,29H/b21-19-. The van der Waals surface area contributed by atoms with Gasteiger partial charge in [-0.3, -0.25) is 24.6 Å². The molecule has 1 atom stereocenters. The summed E-state index contributed by atoms with van der Waals surface area (Å²) in [7, 11) is 0. The number of nitrogens with zero attached hydrogens (tertiary/aromatic N) is 2. The molecule has 3 aromatic carbocycles. The molecule has 1 unspecified atom stereocenters. The Labute approximate surface area is 184 Å². The Bertz CT molecular complexity index is 1340. The van der Waals surface area contributed by atoms with Gasteiger partial charge in [0.05, 0.1) is 22.2 Å². The minimum absolute atomic E-state index is 0.117. The predicted octanol–water partition coefficient (Wildman–Crippen LogP) is 4.64. The summed E-state index contributed by atoms with van der Waals surface area (Å²) >= 11 is 0. The summed E-state index contributed by atoms with van der Waals surface area (Å²) in [6.07, 6.45) is 0. The van der Waals surface area contributed by atoms with Crippen molar-refractivity contribution >= 4 is 28.8 Å². The number of benzene rings is 3. The van der Waals surface area contributed by atoms with E-state index in [1.54, 1.807) is 0 Å². The van der Waals surface area contributed by atoms with E-state index in [0.29, 0.717) is 11.0 Å². The average molecular weight is 454 g/mol. The van der Waals surface area contributed by atoms with Gasteiger partial charge < -0.3 is 5.11 Å². The Morgan fingerprint density at radius 1 is 0.939 bits per heavy atom. The van der Waals surface area contributed by atoms with Crippen molar-refractivity contribution in [3.05, 3.63) is 111 Å².